The van der Waals surface area contributed by atoms with Crippen molar-refractivity contribution in [2.75, 3.05) is 10.2 Å². The summed E-state index contributed by atoms with van der Waals surface area (Å²) < 4.78 is 2.09. The average molecular weight is 470 g/mol. The van der Waals surface area contributed by atoms with E-state index in [-0.39, 0.29) is 11.9 Å². The number of anilines is 3. The minimum Gasteiger partial charge on any atom is -0.324 e. The molecule has 0 saturated carbocycles. The number of imidazole rings is 1. The summed E-state index contributed by atoms with van der Waals surface area (Å²) in [5.41, 5.74) is 4.41. The number of nitrogens with zero attached hydrogens (tertiary/aromatic N) is 5. The highest BCUT2D eigenvalue weighted by molar-refractivity contribution is 6.07. The second-order valence-electron chi connectivity index (χ2n) is 9.59. The largest absolute Gasteiger partial charge is 0.324 e. The minimum atomic E-state index is -0.616. The Morgan fingerprint density at radius 1 is 1.03 bits per heavy atom. The van der Waals surface area contributed by atoms with Crippen LogP contribution in [-0.2, 0) is 23.3 Å². The van der Waals surface area contributed by atoms with Gasteiger partial charge in [-0.3, -0.25) is 9.69 Å². The van der Waals surface area contributed by atoms with E-state index in [0.717, 1.165) is 42.1 Å². The molecular weight excluding hydrogens is 438 g/mol. The molecule has 1 atom stereocenters. The summed E-state index contributed by atoms with van der Waals surface area (Å²) in [6.45, 7) is 9.50. The smallest absolute Gasteiger partial charge is 0.238 e. The second kappa shape index (κ2) is 9.11. The maximum atomic E-state index is 13.0. The molecule has 1 amide bonds. The zero-order valence-corrected chi connectivity index (χ0v) is 20.6. The zero-order chi connectivity index (χ0) is 24.6. The molecule has 35 heavy (non-hydrogen) atoms. The molecule has 1 aromatic carbocycles. The second-order valence-corrected chi connectivity index (χ2v) is 9.59. The van der Waals surface area contributed by atoms with Gasteiger partial charge in [0.25, 0.3) is 0 Å². The number of amides is 1. The molecule has 0 fully saturated rings. The monoisotopic (exact) mass is 469 g/mol. The first-order valence-corrected chi connectivity index (χ1v) is 12.1. The predicted molar refractivity (Wildman–Crippen MR) is 138 cm³/mol. The van der Waals surface area contributed by atoms with E-state index in [1.54, 1.807) is 6.20 Å². The topological polar surface area (TPSA) is 87.5 Å². The fourth-order valence-electron chi connectivity index (χ4n) is 4.45. The van der Waals surface area contributed by atoms with E-state index >= 15 is 0 Å². The number of carbonyl (C=O) groups is 1. The number of nitrogens with one attached hydrogen (secondary N) is 2. The molecule has 0 spiro atoms. The number of hydrogen-bond donors (Lipinski definition) is 2. The van der Waals surface area contributed by atoms with Crippen LogP contribution >= 0.6 is 0 Å². The molecule has 0 radical (unpaired) electrons. The summed E-state index contributed by atoms with van der Waals surface area (Å²) in [7, 11) is 0. The van der Waals surface area contributed by atoms with Gasteiger partial charge >= 0.3 is 0 Å². The Labute approximate surface area is 205 Å². The molecule has 4 heterocycles. The fraction of sp³-hybridized carbons (Fsp3) is 0.333. The number of pyridine rings is 1. The molecule has 4 aromatic rings. The maximum absolute atomic E-state index is 13.0. The predicted octanol–water partition coefficient (Wildman–Crippen LogP) is 4.58. The molecule has 0 bridgehead atoms. The molecule has 1 aliphatic heterocycles. The summed E-state index contributed by atoms with van der Waals surface area (Å²) >= 11 is 0. The number of fused-ring (bicyclic) bond motifs is 2. The van der Waals surface area contributed by atoms with Gasteiger partial charge < -0.3 is 15.0 Å². The van der Waals surface area contributed by atoms with Crippen molar-refractivity contribution in [1.29, 1.82) is 0 Å². The first-order valence-electron chi connectivity index (χ1n) is 12.1. The highest BCUT2D eigenvalue weighted by atomic mass is 16.2. The van der Waals surface area contributed by atoms with Crippen molar-refractivity contribution >= 4 is 29.0 Å². The third-order valence-electron chi connectivity index (χ3n) is 6.79. The van der Waals surface area contributed by atoms with Crippen molar-refractivity contribution in [2.45, 2.75) is 58.7 Å². The van der Waals surface area contributed by atoms with E-state index in [1.165, 1.54) is 5.56 Å². The SMILES string of the molecule is CC[C@H](C)N1C(=O)C(C)(C)c2cnc(Nc3ccc(CNCc4cnc5ccccn45)cc3)nc21. The van der Waals surface area contributed by atoms with Crippen LogP contribution in [0.25, 0.3) is 5.65 Å². The van der Waals surface area contributed by atoms with Crippen molar-refractivity contribution in [2.24, 2.45) is 0 Å². The Kier molecular flexibility index (Phi) is 5.98. The van der Waals surface area contributed by atoms with Crippen LogP contribution in [-0.4, -0.2) is 31.3 Å². The number of hydrogen-bond acceptors (Lipinski definition) is 6. The van der Waals surface area contributed by atoms with Crippen molar-refractivity contribution in [3.63, 3.8) is 0 Å². The van der Waals surface area contributed by atoms with E-state index in [4.69, 9.17) is 4.98 Å². The van der Waals surface area contributed by atoms with Gasteiger partial charge in [-0.05, 0) is 57.0 Å². The van der Waals surface area contributed by atoms with Gasteiger partial charge in [-0.1, -0.05) is 25.1 Å². The number of benzene rings is 1. The van der Waals surface area contributed by atoms with Crippen LogP contribution in [0.2, 0.25) is 0 Å². The van der Waals surface area contributed by atoms with Crippen LogP contribution in [0.1, 0.15) is 50.9 Å². The number of carbonyl (C=O) groups excluding carboxylic acids is 1. The third-order valence-corrected chi connectivity index (χ3v) is 6.79. The molecule has 8 heteroatoms. The van der Waals surface area contributed by atoms with Crippen LogP contribution in [0.4, 0.5) is 17.5 Å². The molecule has 5 rings (SSSR count). The lowest BCUT2D eigenvalue weighted by molar-refractivity contribution is -0.122. The lowest BCUT2D eigenvalue weighted by Gasteiger charge is -2.25. The van der Waals surface area contributed by atoms with Gasteiger partial charge in [0.2, 0.25) is 11.9 Å². The summed E-state index contributed by atoms with van der Waals surface area (Å²) in [5, 5.41) is 6.77. The highest BCUT2D eigenvalue weighted by Crippen LogP contribution is 2.41. The molecule has 1 aliphatic rings. The van der Waals surface area contributed by atoms with Crippen molar-refractivity contribution in [3.8, 4) is 0 Å². The Balaban J connectivity index is 1.24. The quantitative estimate of drug-likeness (QED) is 0.393. The molecule has 180 valence electrons. The highest BCUT2D eigenvalue weighted by Gasteiger charge is 2.46. The molecule has 0 aliphatic carbocycles. The summed E-state index contributed by atoms with van der Waals surface area (Å²) in [6, 6.07) is 14.3. The first-order chi connectivity index (χ1) is 16.9. The average Bonchev–Trinajstić information content (AvgIpc) is 3.36. The van der Waals surface area contributed by atoms with Gasteiger partial charge in [0.05, 0.1) is 17.3 Å². The molecule has 3 aromatic heterocycles. The third kappa shape index (κ3) is 4.25. The summed E-state index contributed by atoms with van der Waals surface area (Å²) in [6.07, 6.45) is 6.58. The normalized spacial score (nSPS) is 15.4. The molecular formula is C27H31N7O. The van der Waals surface area contributed by atoms with Crippen LogP contribution in [0, 0.1) is 0 Å². The van der Waals surface area contributed by atoms with Crippen LogP contribution < -0.4 is 15.5 Å². The molecule has 0 saturated heterocycles. The Morgan fingerprint density at radius 3 is 2.60 bits per heavy atom. The van der Waals surface area contributed by atoms with Crippen LogP contribution in [0.15, 0.2) is 61.1 Å². The standard InChI is InChI=1S/C27H31N7O/c1-5-18(2)34-24-22(27(3,4)25(34)35)17-30-26(32-24)31-20-11-9-19(10-12-20)14-28-15-21-16-29-23-8-6-7-13-33(21)23/h6-13,16-18,28H,5,14-15H2,1-4H3,(H,30,31,32)/t18-/m0/s1. The van der Waals surface area contributed by atoms with Crippen molar-refractivity contribution in [1.82, 2.24) is 24.7 Å². The lowest BCUT2D eigenvalue weighted by Crippen LogP contribution is -2.41. The molecule has 2 N–H and O–H groups in total. The van der Waals surface area contributed by atoms with E-state index in [0.29, 0.717) is 11.8 Å². The van der Waals surface area contributed by atoms with Gasteiger partial charge in [0, 0.05) is 42.8 Å². The zero-order valence-electron chi connectivity index (χ0n) is 20.6. The lowest BCUT2D eigenvalue weighted by atomic mass is 9.88. The minimum absolute atomic E-state index is 0.0779. The van der Waals surface area contributed by atoms with E-state index < -0.39 is 5.41 Å². The van der Waals surface area contributed by atoms with E-state index in [2.05, 4.69) is 51.0 Å². The Hall–Kier alpha value is -3.78. The van der Waals surface area contributed by atoms with Crippen molar-refractivity contribution < 1.29 is 4.79 Å². The van der Waals surface area contributed by atoms with E-state index in [1.807, 2.05) is 61.5 Å². The molecule has 8 nitrogen and oxygen atoms in total. The van der Waals surface area contributed by atoms with Crippen LogP contribution in [0.5, 0.6) is 0 Å². The van der Waals surface area contributed by atoms with Crippen LogP contribution in [0.3, 0.4) is 0 Å². The number of rotatable bonds is 8. The van der Waals surface area contributed by atoms with Gasteiger partial charge in [-0.15, -0.1) is 0 Å². The Morgan fingerprint density at radius 2 is 1.83 bits per heavy atom. The Bertz CT molecular complexity index is 1360. The summed E-state index contributed by atoms with van der Waals surface area (Å²) in [5.74, 6) is 1.27. The van der Waals surface area contributed by atoms with Gasteiger partial charge in [0.1, 0.15) is 11.5 Å². The maximum Gasteiger partial charge on any atom is 0.238 e. The van der Waals surface area contributed by atoms with Crippen molar-refractivity contribution in [3.05, 3.63) is 77.9 Å². The fourth-order valence-corrected chi connectivity index (χ4v) is 4.45. The first kappa shape index (κ1) is 23.0. The van der Waals surface area contributed by atoms with E-state index in [9.17, 15) is 4.79 Å². The number of aromatic nitrogens is 4. The van der Waals surface area contributed by atoms with Gasteiger partial charge in [0.15, 0.2) is 0 Å². The summed E-state index contributed by atoms with van der Waals surface area (Å²) in [4.78, 5) is 28.5. The van der Waals surface area contributed by atoms with Gasteiger partial charge in [-0.25, -0.2) is 9.97 Å². The molecule has 0 unspecified atom stereocenters. The van der Waals surface area contributed by atoms with Gasteiger partial charge in [-0.2, -0.15) is 4.98 Å².